The molecule has 0 saturated carbocycles. The Morgan fingerprint density at radius 1 is 0.560 bits per heavy atom. The molecule has 10 nitrogen and oxygen atoms in total. The molecule has 6 heterocycles. The number of nitrogens with one attached hydrogen (secondary N) is 6. The van der Waals surface area contributed by atoms with Crippen LogP contribution in [0.3, 0.4) is 0 Å². The maximum Gasteiger partial charge on any atom is 0.355 e. The van der Waals surface area contributed by atoms with Gasteiger partial charge in [0.15, 0.2) is 0 Å². The summed E-state index contributed by atoms with van der Waals surface area (Å²) >= 11 is 0. The third-order valence-corrected chi connectivity index (χ3v) is 9.97. The zero-order valence-electron chi connectivity index (χ0n) is 30.4. The molecule has 10 heteroatoms. The summed E-state index contributed by atoms with van der Waals surface area (Å²) in [4.78, 5) is 45.0. The Labute approximate surface area is 293 Å². The van der Waals surface area contributed by atoms with Crippen LogP contribution in [0, 0.1) is 13.8 Å². The smallest absolute Gasteiger partial charge is 0.355 e. The van der Waals surface area contributed by atoms with Crippen LogP contribution in [0.25, 0.3) is 0 Å². The van der Waals surface area contributed by atoms with Crippen LogP contribution in [0.15, 0.2) is 73.3 Å². The largest absolute Gasteiger partial charge is 0.461 e. The lowest BCUT2D eigenvalue weighted by Crippen LogP contribution is -2.28. The Kier molecular flexibility index (Phi) is 10.8. The molecule has 6 N–H and O–H groups in total. The summed E-state index contributed by atoms with van der Waals surface area (Å²) in [7, 11) is 0. The summed E-state index contributed by atoms with van der Waals surface area (Å²) in [5, 5.41) is 0. The number of aromatic nitrogens is 6. The lowest BCUT2D eigenvalue weighted by atomic mass is 9.78. The number of carbonyl (C=O) groups is 2. The molecule has 0 saturated heterocycles. The van der Waals surface area contributed by atoms with Gasteiger partial charge in [0.1, 0.15) is 11.4 Å². The molecule has 0 radical (unpaired) electrons. The molecule has 6 rings (SSSR count). The molecule has 264 valence electrons. The molecule has 0 aromatic carbocycles. The summed E-state index contributed by atoms with van der Waals surface area (Å²) in [5.74, 6) is -0.594. The molecule has 6 aromatic heterocycles. The van der Waals surface area contributed by atoms with Crippen molar-refractivity contribution in [2.75, 3.05) is 13.2 Å². The summed E-state index contributed by atoms with van der Waals surface area (Å²) < 4.78 is 10.5. The van der Waals surface area contributed by atoms with Crippen LogP contribution in [0.4, 0.5) is 0 Å². The third kappa shape index (κ3) is 6.26. The highest BCUT2D eigenvalue weighted by atomic mass is 16.5. The van der Waals surface area contributed by atoms with E-state index in [1.807, 2.05) is 62.9 Å². The van der Waals surface area contributed by atoms with Gasteiger partial charge in [-0.25, -0.2) is 9.59 Å². The van der Waals surface area contributed by atoms with E-state index in [9.17, 15) is 9.59 Å². The minimum atomic E-state index is -0.453. The second-order valence-electron chi connectivity index (χ2n) is 12.7. The van der Waals surface area contributed by atoms with Gasteiger partial charge in [-0.2, -0.15) is 0 Å². The fourth-order valence-corrected chi connectivity index (χ4v) is 7.30. The molecule has 6 aromatic rings. The second-order valence-corrected chi connectivity index (χ2v) is 12.7. The Morgan fingerprint density at radius 3 is 1.08 bits per heavy atom. The number of ether oxygens (including phenoxy) is 2. The van der Waals surface area contributed by atoms with Crippen LogP contribution in [-0.2, 0) is 33.1 Å². The number of carbonyl (C=O) groups excluding carboxylic acids is 2. The number of hydrogen-bond donors (Lipinski definition) is 6. The lowest BCUT2D eigenvalue weighted by molar-refractivity contribution is 0.0509. The molecule has 0 aliphatic rings. The second kappa shape index (κ2) is 15.0. The van der Waals surface area contributed by atoms with Gasteiger partial charge >= 0.3 is 11.9 Å². The van der Waals surface area contributed by atoms with Crippen molar-refractivity contribution in [3.05, 3.63) is 141 Å². The quantitative estimate of drug-likeness (QED) is 0.0725. The monoisotopic (exact) mass is 678 g/mol. The molecule has 0 spiro atoms. The van der Waals surface area contributed by atoms with Crippen LogP contribution in [-0.4, -0.2) is 55.1 Å². The minimum absolute atomic E-state index is 0.297. The maximum absolute atomic E-state index is 12.4. The lowest BCUT2D eigenvalue weighted by Gasteiger charge is -2.28. The Balaban J connectivity index is 0.000000194. The molecule has 0 aliphatic carbocycles. The van der Waals surface area contributed by atoms with E-state index in [2.05, 4.69) is 95.7 Å². The first-order valence-corrected chi connectivity index (χ1v) is 17.4. The summed E-state index contributed by atoms with van der Waals surface area (Å²) in [6, 6.07) is 16.2. The zero-order valence-corrected chi connectivity index (χ0v) is 30.4. The van der Waals surface area contributed by atoms with Crippen molar-refractivity contribution in [1.29, 1.82) is 0 Å². The molecule has 0 fully saturated rings. The van der Waals surface area contributed by atoms with Gasteiger partial charge in [-0.05, 0) is 125 Å². The summed E-state index contributed by atoms with van der Waals surface area (Å²) in [6.45, 7) is 16.9. The fraction of sp³-hybridized carbons (Fsp3) is 0.350. The molecule has 0 bridgehead atoms. The van der Waals surface area contributed by atoms with Crippen LogP contribution in [0.1, 0.15) is 119 Å². The first-order valence-electron chi connectivity index (χ1n) is 17.4. The van der Waals surface area contributed by atoms with Crippen molar-refractivity contribution >= 4 is 11.9 Å². The summed E-state index contributed by atoms with van der Waals surface area (Å²) in [6.07, 6.45) is 9.21. The Bertz CT molecular complexity index is 1760. The number of aromatic amines is 6. The number of rotatable bonds is 12. The molecule has 0 amide bonds. The highest BCUT2D eigenvalue weighted by Gasteiger charge is 2.39. The number of hydrogen-bond acceptors (Lipinski definition) is 4. The van der Waals surface area contributed by atoms with E-state index in [1.165, 1.54) is 0 Å². The standard InChI is InChI=1S/2C20H25N3O2/c2*1-5-14-13(3)18(23-17(14)19(24)25-6-2)20(4,15-9-7-11-21-15)16-10-8-12-22-16/h2*7-12,21-23H,5-6H2,1-4H3. The highest BCUT2D eigenvalue weighted by molar-refractivity contribution is 5.91. The van der Waals surface area contributed by atoms with Crippen LogP contribution in [0.2, 0.25) is 0 Å². The molecular weight excluding hydrogens is 628 g/mol. The van der Waals surface area contributed by atoms with Gasteiger partial charge in [0.25, 0.3) is 0 Å². The number of esters is 2. The van der Waals surface area contributed by atoms with E-state index in [-0.39, 0.29) is 11.9 Å². The molecule has 0 aliphatic heterocycles. The van der Waals surface area contributed by atoms with Crippen molar-refractivity contribution in [3.63, 3.8) is 0 Å². The normalized spacial score (nSPS) is 11.7. The van der Waals surface area contributed by atoms with Gasteiger partial charge in [0.05, 0.1) is 24.0 Å². The van der Waals surface area contributed by atoms with E-state index in [1.54, 1.807) is 0 Å². The van der Waals surface area contributed by atoms with Gasteiger partial charge in [-0.1, -0.05) is 13.8 Å². The molecule has 0 unspecified atom stereocenters. The average Bonchev–Trinajstić information content (AvgIpc) is 3.95. The number of H-pyrrole nitrogens is 6. The SMILES string of the molecule is CCOC(=O)c1[nH]c(C(C)(c2ccc[nH]2)c2ccc[nH]2)c(C)c1CC.CCOC(=O)c1[nH]c(C(C)(c2ccc[nH]2)c2ccc[nH]2)c(C)c1CC. The summed E-state index contributed by atoms with van der Waals surface area (Å²) in [5.41, 5.74) is 10.6. The van der Waals surface area contributed by atoms with Crippen LogP contribution < -0.4 is 0 Å². The Morgan fingerprint density at radius 2 is 0.860 bits per heavy atom. The highest BCUT2D eigenvalue weighted by Crippen LogP contribution is 2.41. The molecule has 50 heavy (non-hydrogen) atoms. The van der Waals surface area contributed by atoms with Crippen LogP contribution in [0.5, 0.6) is 0 Å². The van der Waals surface area contributed by atoms with Crippen LogP contribution >= 0.6 is 0 Å². The van der Waals surface area contributed by atoms with Gasteiger partial charge in [-0.15, -0.1) is 0 Å². The average molecular weight is 679 g/mol. The first-order chi connectivity index (χ1) is 24.1. The van der Waals surface area contributed by atoms with Gasteiger partial charge in [0, 0.05) is 59.0 Å². The minimum Gasteiger partial charge on any atom is -0.461 e. The van der Waals surface area contributed by atoms with Gasteiger partial charge < -0.3 is 39.4 Å². The van der Waals surface area contributed by atoms with E-state index >= 15 is 0 Å². The van der Waals surface area contributed by atoms with E-state index in [0.717, 1.165) is 69.3 Å². The predicted molar refractivity (Wildman–Crippen MR) is 196 cm³/mol. The first kappa shape index (κ1) is 35.9. The zero-order chi connectivity index (χ0) is 36.1. The molecule has 0 atom stereocenters. The maximum atomic E-state index is 12.4. The van der Waals surface area contributed by atoms with Crippen molar-refractivity contribution in [3.8, 4) is 0 Å². The topological polar surface area (TPSA) is 147 Å². The predicted octanol–water partition coefficient (Wildman–Crippen LogP) is 8.15. The van der Waals surface area contributed by atoms with E-state index in [4.69, 9.17) is 9.47 Å². The third-order valence-electron chi connectivity index (χ3n) is 9.97. The van der Waals surface area contributed by atoms with Gasteiger partial charge in [0.2, 0.25) is 0 Å². The van der Waals surface area contributed by atoms with Crippen molar-refractivity contribution in [1.82, 2.24) is 29.9 Å². The van der Waals surface area contributed by atoms with Crippen molar-refractivity contribution < 1.29 is 19.1 Å². The van der Waals surface area contributed by atoms with E-state index < -0.39 is 10.8 Å². The Hall–Kier alpha value is -5.38. The van der Waals surface area contributed by atoms with Gasteiger partial charge in [-0.3, -0.25) is 0 Å². The van der Waals surface area contributed by atoms with Crippen molar-refractivity contribution in [2.24, 2.45) is 0 Å². The molecular formula is C40H50N6O4. The van der Waals surface area contributed by atoms with Crippen molar-refractivity contribution in [2.45, 2.75) is 79.1 Å². The van der Waals surface area contributed by atoms with E-state index in [0.29, 0.717) is 24.6 Å². The fourth-order valence-electron chi connectivity index (χ4n) is 7.30.